The summed E-state index contributed by atoms with van der Waals surface area (Å²) in [4.78, 5) is 57.6. The van der Waals surface area contributed by atoms with Gasteiger partial charge in [0, 0.05) is 24.2 Å². The summed E-state index contributed by atoms with van der Waals surface area (Å²) in [6.07, 6.45) is 3.64. The number of methoxy groups -OCH3 is 1. The Morgan fingerprint density at radius 1 is 1.14 bits per heavy atom. The van der Waals surface area contributed by atoms with Gasteiger partial charge in [-0.2, -0.15) is 10.2 Å². The van der Waals surface area contributed by atoms with E-state index in [2.05, 4.69) is 10.2 Å². The van der Waals surface area contributed by atoms with Crippen LogP contribution in [0.4, 0.5) is 4.39 Å². The number of aryl methyl sites for hydroxylation is 1. The van der Waals surface area contributed by atoms with Crippen LogP contribution in [0.5, 0.6) is 5.75 Å². The molecule has 1 saturated heterocycles. The lowest BCUT2D eigenvalue weighted by atomic mass is 10.0. The molecule has 0 bridgehead atoms. The lowest BCUT2D eigenvalue weighted by molar-refractivity contribution is -0.138. The van der Waals surface area contributed by atoms with E-state index in [0.717, 1.165) is 28.7 Å². The lowest BCUT2D eigenvalue weighted by Gasteiger charge is -2.31. The van der Waals surface area contributed by atoms with Crippen LogP contribution < -0.4 is 16.0 Å². The summed E-state index contributed by atoms with van der Waals surface area (Å²) in [5.41, 5.74) is -2.10. The number of carbonyl (C=O) groups is 2. The Bertz CT molecular complexity index is 1800. The Labute approximate surface area is 250 Å². The number of ether oxygens (including phenoxy) is 2. The maximum Gasteiger partial charge on any atom is 0.333 e. The molecule has 0 radical (unpaired) electrons. The first-order chi connectivity index (χ1) is 20.4. The second kappa shape index (κ2) is 11.8. The maximum absolute atomic E-state index is 14.5. The third kappa shape index (κ3) is 5.52. The summed E-state index contributed by atoms with van der Waals surface area (Å²) in [6.45, 7) is 6.75. The van der Waals surface area contributed by atoms with E-state index in [-0.39, 0.29) is 35.8 Å². The number of thiophene rings is 1. The second-order valence-corrected chi connectivity index (χ2v) is 12.0. The minimum Gasteiger partial charge on any atom is -0.496 e. The molecule has 4 heterocycles. The predicted molar refractivity (Wildman–Crippen MR) is 157 cm³/mol. The van der Waals surface area contributed by atoms with E-state index in [4.69, 9.17) is 9.47 Å². The van der Waals surface area contributed by atoms with Crippen LogP contribution in [0.3, 0.4) is 0 Å². The monoisotopic (exact) mass is 612 g/mol. The number of carbonyl (C=O) groups excluding carboxylic acids is 2. The van der Waals surface area contributed by atoms with Crippen molar-refractivity contribution in [1.29, 1.82) is 0 Å². The van der Waals surface area contributed by atoms with Crippen molar-refractivity contribution < 1.29 is 23.5 Å². The molecule has 0 saturated carbocycles. The molecular weight excluding hydrogens is 579 g/mol. The highest BCUT2D eigenvalue weighted by Gasteiger charge is 2.39. The number of nitrogens with zero attached hydrogens (tertiary/aromatic N) is 6. The van der Waals surface area contributed by atoms with Crippen LogP contribution in [0, 0.1) is 12.7 Å². The molecular formula is C29H33FN6O6S. The molecule has 1 amide bonds. The predicted octanol–water partition coefficient (Wildman–Crippen LogP) is 2.97. The van der Waals surface area contributed by atoms with Crippen LogP contribution in [0.15, 0.2) is 40.2 Å². The molecule has 1 aliphatic heterocycles. The summed E-state index contributed by atoms with van der Waals surface area (Å²) >= 11 is 1.13. The Morgan fingerprint density at radius 2 is 1.81 bits per heavy atom. The molecule has 0 unspecified atom stereocenters. The number of rotatable bonds is 10. The van der Waals surface area contributed by atoms with Crippen molar-refractivity contribution in [3.8, 4) is 10.8 Å². The molecule has 4 aromatic rings. The summed E-state index contributed by atoms with van der Waals surface area (Å²) in [7, 11) is 1.42. The molecule has 1 aromatic carbocycles. The van der Waals surface area contributed by atoms with E-state index >= 15 is 0 Å². The maximum atomic E-state index is 14.5. The van der Waals surface area contributed by atoms with Crippen LogP contribution in [0.25, 0.3) is 15.2 Å². The van der Waals surface area contributed by atoms with Crippen molar-refractivity contribution in [2.75, 3.05) is 26.8 Å². The van der Waals surface area contributed by atoms with Gasteiger partial charge in [0.1, 0.15) is 39.6 Å². The molecule has 5 rings (SSSR count). The van der Waals surface area contributed by atoms with Crippen LogP contribution in [-0.4, -0.2) is 67.5 Å². The number of Topliss-reactive ketones (excluding diaryl/α,β-unsaturated/α-hetero) is 1. The van der Waals surface area contributed by atoms with Crippen LogP contribution in [0.2, 0.25) is 0 Å². The van der Waals surface area contributed by atoms with E-state index in [1.54, 1.807) is 25.7 Å². The van der Waals surface area contributed by atoms with Crippen molar-refractivity contribution in [1.82, 2.24) is 29.0 Å². The van der Waals surface area contributed by atoms with Gasteiger partial charge < -0.3 is 14.4 Å². The van der Waals surface area contributed by atoms with Crippen LogP contribution in [-0.2, 0) is 26.4 Å². The molecule has 228 valence electrons. The standard InChI is InChI=1S/C29H33FN6O6S/c1-17(37)16-42-22(20-14-19(30)8-9-21(20)41-5)15-34-26-23(18(2)25(43-26)36-31-10-11-32-36)24(38)35(28(34)40)29(3,4)27(39)33-12-6-7-13-33/h8-11,14,22H,6-7,12-13,15-16H2,1-5H3/t22-/m0/s1. The van der Waals surface area contributed by atoms with Gasteiger partial charge >= 0.3 is 5.69 Å². The molecule has 12 nitrogen and oxygen atoms in total. The number of amides is 1. The first-order valence-corrected chi connectivity index (χ1v) is 14.7. The minimum atomic E-state index is -1.53. The number of hydrogen-bond donors (Lipinski definition) is 0. The van der Waals surface area contributed by atoms with Gasteiger partial charge in [-0.1, -0.05) is 11.3 Å². The average molecular weight is 613 g/mol. The molecule has 1 atom stereocenters. The van der Waals surface area contributed by atoms with Gasteiger partial charge in [-0.15, -0.1) is 4.80 Å². The third-order valence-corrected chi connectivity index (χ3v) is 8.92. The molecule has 0 N–H and O–H groups in total. The largest absolute Gasteiger partial charge is 0.496 e. The number of fused-ring (bicyclic) bond motifs is 1. The first-order valence-electron chi connectivity index (χ1n) is 13.9. The zero-order valence-corrected chi connectivity index (χ0v) is 25.4. The second-order valence-electron chi connectivity index (χ2n) is 11.0. The van der Waals surface area contributed by atoms with Crippen LogP contribution in [0.1, 0.15) is 50.8 Å². The Balaban J connectivity index is 1.77. The van der Waals surface area contributed by atoms with Gasteiger partial charge in [-0.3, -0.25) is 19.0 Å². The Hall–Kier alpha value is -4.17. The zero-order chi connectivity index (χ0) is 31.1. The number of hydrogen-bond acceptors (Lipinski definition) is 9. The average Bonchev–Trinajstić information content (AvgIpc) is 3.74. The van der Waals surface area contributed by atoms with E-state index in [1.165, 1.54) is 54.0 Å². The van der Waals surface area contributed by atoms with Crippen molar-refractivity contribution >= 4 is 33.2 Å². The SMILES string of the molecule is COc1ccc(F)cc1[C@H](Cn1c(=O)n(C(C)(C)C(=O)N2CCCC2)c(=O)c2c(C)c(-n3nccn3)sc21)OCC(C)=O. The molecule has 14 heteroatoms. The van der Waals surface area contributed by atoms with E-state index in [1.807, 2.05) is 0 Å². The Morgan fingerprint density at radius 3 is 2.44 bits per heavy atom. The highest BCUT2D eigenvalue weighted by molar-refractivity contribution is 7.21. The molecule has 1 fully saturated rings. The number of aromatic nitrogens is 5. The quantitative estimate of drug-likeness (QED) is 0.267. The molecule has 0 spiro atoms. The fourth-order valence-electron chi connectivity index (χ4n) is 5.48. The normalized spacial score (nSPS) is 14.4. The van der Waals surface area contributed by atoms with E-state index in [9.17, 15) is 23.6 Å². The highest BCUT2D eigenvalue weighted by Crippen LogP contribution is 2.34. The summed E-state index contributed by atoms with van der Waals surface area (Å²) < 4.78 is 28.2. The molecule has 43 heavy (non-hydrogen) atoms. The third-order valence-electron chi connectivity index (χ3n) is 7.64. The zero-order valence-electron chi connectivity index (χ0n) is 24.6. The highest BCUT2D eigenvalue weighted by atomic mass is 32.1. The van der Waals surface area contributed by atoms with Gasteiger partial charge in [0.25, 0.3) is 5.56 Å². The van der Waals surface area contributed by atoms with E-state index in [0.29, 0.717) is 34.2 Å². The topological polar surface area (TPSA) is 131 Å². The summed E-state index contributed by atoms with van der Waals surface area (Å²) in [5, 5.41) is 9.14. The smallest absolute Gasteiger partial charge is 0.333 e. The number of halogens is 1. The first kappa shape index (κ1) is 30.3. The van der Waals surface area contributed by atoms with Crippen molar-refractivity contribution in [3.05, 3.63) is 68.4 Å². The minimum absolute atomic E-state index is 0.218. The van der Waals surface area contributed by atoms with Gasteiger partial charge in [0.05, 0.1) is 31.4 Å². The van der Waals surface area contributed by atoms with Gasteiger partial charge in [0.2, 0.25) is 5.91 Å². The van der Waals surface area contributed by atoms with Crippen LogP contribution >= 0.6 is 11.3 Å². The Kier molecular flexibility index (Phi) is 8.34. The number of benzene rings is 1. The number of ketones is 1. The lowest BCUT2D eigenvalue weighted by Crippen LogP contribution is -2.56. The van der Waals surface area contributed by atoms with Crippen molar-refractivity contribution in [2.24, 2.45) is 0 Å². The summed E-state index contributed by atoms with van der Waals surface area (Å²) in [6, 6.07) is 3.89. The van der Waals surface area contributed by atoms with Gasteiger partial charge in [-0.25, -0.2) is 13.8 Å². The van der Waals surface area contributed by atoms with Crippen molar-refractivity contribution in [2.45, 2.75) is 58.7 Å². The fourth-order valence-corrected chi connectivity index (χ4v) is 6.70. The molecule has 3 aromatic heterocycles. The fraction of sp³-hybridized carbons (Fsp3) is 0.448. The van der Waals surface area contributed by atoms with E-state index < -0.39 is 28.7 Å². The molecule has 1 aliphatic rings. The molecule has 0 aliphatic carbocycles. The van der Waals surface area contributed by atoms with Gasteiger partial charge in [-0.05, 0) is 58.7 Å². The summed E-state index contributed by atoms with van der Waals surface area (Å²) in [5.74, 6) is -0.890. The van der Waals surface area contributed by atoms with Crippen molar-refractivity contribution in [3.63, 3.8) is 0 Å². The number of likely N-dealkylation sites (tertiary alicyclic amines) is 1. The van der Waals surface area contributed by atoms with Gasteiger partial charge in [0.15, 0.2) is 5.78 Å².